The molecule has 0 aliphatic heterocycles. The minimum atomic E-state index is -2.77. The first-order chi connectivity index (χ1) is 26.7. The van der Waals surface area contributed by atoms with Crippen molar-refractivity contribution in [3.05, 3.63) is 215 Å². The standard InChI is InChI=1S/2C20H15.C12H10Si.2ClH.Zr/c2*1-14-12-16-8-5-11-19(20(16)13-14)18-10-4-7-15-6-2-3-9-17(15)18;1-3-7-11(8-4-1)13-12-9-5-2-6-10-12;;;/h2*2-13H,1H3;1-10H;2*1H;. The Morgan fingerprint density at radius 3 is 1.18 bits per heavy atom. The summed E-state index contributed by atoms with van der Waals surface area (Å²) in [4.78, 5) is 0. The molecule has 0 N–H and O–H groups in total. The SMILES string of the molecule is CC1=Cc2c(-c3cccc4ccccc34)cccc2[CH]1[Zr]([CH]1C(C)=Cc2c(-c3cccc4ccccc34)cccc21)=[Si](c1ccccc1)c1ccccc1.Cl.Cl. The van der Waals surface area contributed by atoms with E-state index in [1.165, 1.54) is 54.9 Å². The van der Waals surface area contributed by atoms with Gasteiger partial charge in [-0.25, -0.2) is 0 Å². The molecule has 0 saturated carbocycles. The van der Waals surface area contributed by atoms with E-state index in [1.807, 2.05) is 0 Å². The van der Waals surface area contributed by atoms with Gasteiger partial charge in [0.1, 0.15) is 0 Å². The van der Waals surface area contributed by atoms with Crippen LogP contribution in [0.4, 0.5) is 0 Å². The van der Waals surface area contributed by atoms with Crippen LogP contribution in [0.15, 0.2) is 193 Å². The quantitative estimate of drug-likeness (QED) is 0.146. The van der Waals surface area contributed by atoms with Crippen molar-refractivity contribution >= 4 is 74.3 Å². The van der Waals surface area contributed by atoms with Gasteiger partial charge in [-0.05, 0) is 0 Å². The molecule has 2 atom stereocenters. The van der Waals surface area contributed by atoms with Gasteiger partial charge in [0, 0.05) is 0 Å². The first-order valence-corrected chi connectivity index (χ1v) is 27.1. The minimum Gasteiger partial charge on any atom is -0.147 e. The third-order valence-electron chi connectivity index (χ3n) is 11.8. The maximum atomic E-state index is 2.58. The van der Waals surface area contributed by atoms with E-state index < -0.39 is 25.8 Å². The molecule has 0 aromatic heterocycles. The predicted molar refractivity (Wildman–Crippen MR) is 244 cm³/mol. The summed E-state index contributed by atoms with van der Waals surface area (Å²) in [6.07, 6.45) is 5.16. The monoisotopic (exact) mass is 854 g/mol. The molecular formula is C52H42Cl2SiZr. The summed E-state index contributed by atoms with van der Waals surface area (Å²) in [5.74, 6) is 0. The largest absolute Gasteiger partial charge is 0.147 e. The van der Waals surface area contributed by atoms with Crippen LogP contribution in [0.25, 0.3) is 56.0 Å². The zero-order valence-electron chi connectivity index (χ0n) is 31.4. The summed E-state index contributed by atoms with van der Waals surface area (Å²) in [6.45, 7) is 4.91. The van der Waals surface area contributed by atoms with Crippen LogP contribution in [-0.4, -0.2) is 5.43 Å². The van der Waals surface area contributed by atoms with Crippen LogP contribution in [0.2, 0.25) is 0 Å². The molecular weight excluding hydrogens is 815 g/mol. The predicted octanol–water partition coefficient (Wildman–Crippen LogP) is 13.2. The second kappa shape index (κ2) is 16.1. The molecule has 8 aromatic carbocycles. The summed E-state index contributed by atoms with van der Waals surface area (Å²) in [7, 11) is 0. The van der Waals surface area contributed by atoms with Crippen LogP contribution in [0.1, 0.15) is 43.4 Å². The van der Waals surface area contributed by atoms with E-state index in [2.05, 4.69) is 208 Å². The van der Waals surface area contributed by atoms with E-state index in [1.54, 1.807) is 32.6 Å². The van der Waals surface area contributed by atoms with E-state index in [0.29, 0.717) is 7.25 Å². The molecule has 0 heterocycles. The average Bonchev–Trinajstić information content (AvgIpc) is 3.75. The molecule has 0 amide bonds. The van der Waals surface area contributed by atoms with Crippen molar-refractivity contribution in [2.24, 2.45) is 0 Å². The van der Waals surface area contributed by atoms with Gasteiger partial charge in [-0.3, -0.25) is 0 Å². The Bertz CT molecular complexity index is 2650. The molecule has 2 unspecified atom stereocenters. The van der Waals surface area contributed by atoms with Gasteiger partial charge in [0.15, 0.2) is 0 Å². The number of rotatable bonds is 6. The minimum absolute atomic E-state index is 0. The van der Waals surface area contributed by atoms with Crippen molar-refractivity contribution in [3.8, 4) is 22.3 Å². The van der Waals surface area contributed by atoms with E-state index in [0.717, 1.165) is 0 Å². The van der Waals surface area contributed by atoms with Gasteiger partial charge in [0.05, 0.1) is 0 Å². The average molecular weight is 857 g/mol. The van der Waals surface area contributed by atoms with Gasteiger partial charge in [0.2, 0.25) is 0 Å². The molecule has 0 bridgehead atoms. The van der Waals surface area contributed by atoms with Crippen molar-refractivity contribution in [1.82, 2.24) is 0 Å². The zero-order valence-corrected chi connectivity index (χ0v) is 36.5. The Hall–Kier alpha value is -4.56. The summed E-state index contributed by atoms with van der Waals surface area (Å²) in [5.41, 5.74) is 13.3. The summed E-state index contributed by atoms with van der Waals surface area (Å²) < 4.78 is 0.902. The Balaban J connectivity index is 0.00000220. The topological polar surface area (TPSA) is 0 Å². The molecule has 0 nitrogen and oxygen atoms in total. The molecule has 0 radical (unpaired) electrons. The fourth-order valence-corrected chi connectivity index (χ4v) is 34.8. The number of benzene rings is 8. The molecule has 0 saturated heterocycles. The smallest absolute Gasteiger partial charge is 0.147 e. The van der Waals surface area contributed by atoms with Gasteiger partial charge < -0.3 is 0 Å². The van der Waals surface area contributed by atoms with E-state index in [-0.39, 0.29) is 24.8 Å². The first kappa shape index (κ1) is 38.3. The zero-order chi connectivity index (χ0) is 36.2. The molecule has 56 heavy (non-hydrogen) atoms. The van der Waals surface area contributed by atoms with Gasteiger partial charge in [-0.1, -0.05) is 0 Å². The molecule has 8 aromatic rings. The summed E-state index contributed by atoms with van der Waals surface area (Å²) in [5, 5.41) is 8.35. The van der Waals surface area contributed by atoms with E-state index in [9.17, 15) is 0 Å². The van der Waals surface area contributed by atoms with Crippen LogP contribution in [0.3, 0.4) is 0 Å². The van der Waals surface area contributed by atoms with Crippen LogP contribution >= 0.6 is 24.8 Å². The molecule has 0 fully saturated rings. The fraction of sp³-hybridized carbons (Fsp3) is 0.0769. The molecule has 4 heteroatoms. The Kier molecular flexibility index (Phi) is 11.0. The van der Waals surface area contributed by atoms with E-state index in [4.69, 9.17) is 0 Å². The van der Waals surface area contributed by atoms with Gasteiger partial charge in [-0.2, -0.15) is 0 Å². The van der Waals surface area contributed by atoms with Crippen molar-refractivity contribution in [1.29, 1.82) is 0 Å². The second-order valence-corrected chi connectivity index (χ2v) is 29.0. The number of halogens is 2. The van der Waals surface area contributed by atoms with Gasteiger partial charge >= 0.3 is 329 Å². The van der Waals surface area contributed by atoms with Gasteiger partial charge in [0.25, 0.3) is 0 Å². The molecule has 272 valence electrons. The summed E-state index contributed by atoms with van der Waals surface area (Å²) in [6, 6.07) is 69.0. The van der Waals surface area contributed by atoms with Crippen LogP contribution < -0.4 is 10.4 Å². The van der Waals surface area contributed by atoms with Crippen LogP contribution in [0, 0.1) is 0 Å². The maximum Gasteiger partial charge on any atom is -0.147 e. The molecule has 0 spiro atoms. The third kappa shape index (κ3) is 6.52. The Labute approximate surface area is 350 Å². The number of hydrogen-bond donors (Lipinski definition) is 0. The van der Waals surface area contributed by atoms with Gasteiger partial charge in [-0.15, -0.1) is 24.8 Å². The second-order valence-electron chi connectivity index (χ2n) is 14.9. The van der Waals surface area contributed by atoms with Crippen molar-refractivity contribution in [2.75, 3.05) is 0 Å². The van der Waals surface area contributed by atoms with Crippen molar-refractivity contribution < 1.29 is 20.4 Å². The van der Waals surface area contributed by atoms with E-state index >= 15 is 0 Å². The number of hydrogen-bond acceptors (Lipinski definition) is 0. The summed E-state index contributed by atoms with van der Waals surface area (Å²) >= 11 is -2.77. The molecule has 10 rings (SSSR count). The Morgan fingerprint density at radius 1 is 0.375 bits per heavy atom. The number of fused-ring (bicyclic) bond motifs is 4. The van der Waals surface area contributed by atoms with Crippen molar-refractivity contribution in [2.45, 2.75) is 21.1 Å². The number of allylic oxidation sites excluding steroid dienone is 2. The van der Waals surface area contributed by atoms with Crippen LogP contribution in [0.5, 0.6) is 0 Å². The third-order valence-corrected chi connectivity index (χ3v) is 32.9. The Morgan fingerprint density at radius 2 is 0.732 bits per heavy atom. The maximum absolute atomic E-state index is 2.77. The fourth-order valence-electron chi connectivity index (χ4n) is 9.49. The van der Waals surface area contributed by atoms with Crippen molar-refractivity contribution in [3.63, 3.8) is 0 Å². The molecule has 2 aliphatic rings. The first-order valence-electron chi connectivity index (χ1n) is 19.1. The normalized spacial score (nSPS) is 15.2. The van der Waals surface area contributed by atoms with Crippen LogP contribution in [-0.2, 0) is 20.4 Å². The molecule has 2 aliphatic carbocycles.